The molecule has 0 bridgehead atoms. The Bertz CT molecular complexity index is 313. The van der Waals surface area contributed by atoms with E-state index < -0.39 is 0 Å². The van der Waals surface area contributed by atoms with Crippen molar-refractivity contribution in [2.24, 2.45) is 0 Å². The maximum Gasteiger partial charge on any atom is 0.333 e. The van der Waals surface area contributed by atoms with Crippen LogP contribution in [0.1, 0.15) is 20.8 Å². The van der Waals surface area contributed by atoms with Crippen molar-refractivity contribution in [3.8, 4) is 0 Å². The average molecular weight is 242 g/mol. The molecule has 0 rings (SSSR count). The van der Waals surface area contributed by atoms with Crippen LogP contribution in [-0.2, 0) is 14.3 Å². The summed E-state index contributed by atoms with van der Waals surface area (Å²) in [4.78, 5) is 24.7. The van der Waals surface area contributed by atoms with Gasteiger partial charge < -0.3 is 15.0 Å². The minimum Gasteiger partial charge on any atom is -0.466 e. The lowest BCUT2D eigenvalue weighted by Crippen LogP contribution is -2.45. The van der Waals surface area contributed by atoms with Crippen LogP contribution in [0.3, 0.4) is 0 Å². The van der Waals surface area contributed by atoms with Gasteiger partial charge in [0.25, 0.3) is 0 Å². The quantitative estimate of drug-likeness (QED) is 0.565. The highest BCUT2D eigenvalue weighted by Gasteiger charge is 2.19. The molecule has 0 aromatic rings. The number of carbonyl (C=O) groups is 2. The molecule has 0 spiro atoms. The van der Waals surface area contributed by atoms with E-state index >= 15 is 0 Å². The molecule has 5 nitrogen and oxygen atoms in total. The molecule has 2 atom stereocenters. The van der Waals surface area contributed by atoms with E-state index in [2.05, 4.69) is 10.1 Å². The Kier molecular flexibility index (Phi) is 6.50. The van der Waals surface area contributed by atoms with Crippen LogP contribution < -0.4 is 5.32 Å². The van der Waals surface area contributed by atoms with Gasteiger partial charge in [0.05, 0.1) is 13.2 Å². The summed E-state index contributed by atoms with van der Waals surface area (Å²) in [7, 11) is 4.78. The minimum atomic E-state index is -0.376. The van der Waals surface area contributed by atoms with Gasteiger partial charge in [0.15, 0.2) is 0 Å². The average Bonchev–Trinajstić information content (AvgIpc) is 2.34. The second kappa shape index (κ2) is 7.06. The van der Waals surface area contributed by atoms with Crippen LogP contribution in [0, 0.1) is 0 Å². The van der Waals surface area contributed by atoms with Gasteiger partial charge in [-0.3, -0.25) is 4.79 Å². The summed E-state index contributed by atoms with van der Waals surface area (Å²) < 4.78 is 4.60. The number of esters is 1. The normalized spacial score (nSPS) is 15.1. The molecule has 17 heavy (non-hydrogen) atoms. The first kappa shape index (κ1) is 15.6. The van der Waals surface area contributed by atoms with Gasteiger partial charge in [-0.25, -0.2) is 4.79 Å². The Balaban J connectivity index is 4.66. The largest absolute Gasteiger partial charge is 0.466 e. The fraction of sp³-hybridized carbons (Fsp3) is 0.667. The van der Waals surface area contributed by atoms with Crippen LogP contribution in [0.15, 0.2) is 11.6 Å². The smallest absolute Gasteiger partial charge is 0.333 e. The number of nitrogens with one attached hydrogen (secondary N) is 1. The lowest BCUT2D eigenvalue weighted by atomic mass is 10.1. The molecule has 1 N–H and O–H groups in total. The standard InChI is InChI=1S/C12H22N2O3/c1-8(12(16)17-6)7-9(2)14(5)11(15)10(3)13-4/h7,9-10,13H,1-6H3/b8-7+. The molecule has 0 saturated carbocycles. The molecule has 0 aliphatic carbocycles. The molecule has 1 amide bonds. The zero-order valence-electron chi connectivity index (χ0n) is 11.4. The molecule has 2 unspecified atom stereocenters. The van der Waals surface area contributed by atoms with Crippen molar-refractivity contribution < 1.29 is 14.3 Å². The predicted octanol–water partition coefficient (Wildman–Crippen LogP) is 0.560. The maximum absolute atomic E-state index is 11.9. The zero-order valence-corrected chi connectivity index (χ0v) is 11.4. The first-order chi connectivity index (χ1) is 7.84. The van der Waals surface area contributed by atoms with Crippen LogP contribution in [0.5, 0.6) is 0 Å². The number of amides is 1. The van der Waals surface area contributed by atoms with E-state index in [1.807, 2.05) is 6.92 Å². The summed E-state index contributed by atoms with van der Waals surface area (Å²) in [5.74, 6) is -0.395. The number of hydrogen-bond acceptors (Lipinski definition) is 4. The second-order valence-corrected chi connectivity index (χ2v) is 4.04. The van der Waals surface area contributed by atoms with Gasteiger partial charge >= 0.3 is 5.97 Å². The number of carbonyl (C=O) groups excluding carboxylic acids is 2. The third-order valence-electron chi connectivity index (χ3n) is 2.76. The van der Waals surface area contributed by atoms with Crippen molar-refractivity contribution in [3.63, 3.8) is 0 Å². The van der Waals surface area contributed by atoms with Crippen molar-refractivity contribution in [2.45, 2.75) is 32.9 Å². The molecule has 0 aliphatic rings. The highest BCUT2D eigenvalue weighted by molar-refractivity contribution is 5.88. The number of rotatable bonds is 5. The summed E-state index contributed by atoms with van der Waals surface area (Å²) in [6.07, 6.45) is 1.71. The van der Waals surface area contributed by atoms with Gasteiger partial charge in [-0.15, -0.1) is 0 Å². The van der Waals surface area contributed by atoms with E-state index in [1.54, 1.807) is 38.9 Å². The van der Waals surface area contributed by atoms with Crippen molar-refractivity contribution >= 4 is 11.9 Å². The summed E-state index contributed by atoms with van der Waals surface area (Å²) in [5, 5.41) is 2.88. The molecular formula is C12H22N2O3. The molecule has 0 aliphatic heterocycles. The third-order valence-corrected chi connectivity index (χ3v) is 2.76. The summed E-state index contributed by atoms with van der Waals surface area (Å²) in [5.41, 5.74) is 0.497. The van der Waals surface area contributed by atoms with Crippen LogP contribution in [0.25, 0.3) is 0 Å². The highest BCUT2D eigenvalue weighted by Crippen LogP contribution is 2.05. The topological polar surface area (TPSA) is 58.6 Å². The lowest BCUT2D eigenvalue weighted by Gasteiger charge is -2.25. The van der Waals surface area contributed by atoms with Crippen LogP contribution in [-0.4, -0.2) is 50.1 Å². The Morgan fingerprint density at radius 3 is 2.29 bits per heavy atom. The summed E-state index contributed by atoms with van der Waals surface area (Å²) in [6, 6.07) is -0.397. The molecule has 5 heteroatoms. The third kappa shape index (κ3) is 4.56. The van der Waals surface area contributed by atoms with E-state index in [1.165, 1.54) is 7.11 Å². The molecule has 0 heterocycles. The number of likely N-dealkylation sites (N-methyl/N-ethyl adjacent to an activating group) is 2. The zero-order chi connectivity index (χ0) is 13.6. The van der Waals surface area contributed by atoms with E-state index in [0.29, 0.717) is 5.57 Å². The van der Waals surface area contributed by atoms with E-state index in [0.717, 1.165) is 0 Å². The first-order valence-electron chi connectivity index (χ1n) is 5.55. The first-order valence-corrected chi connectivity index (χ1v) is 5.55. The fourth-order valence-corrected chi connectivity index (χ4v) is 1.33. The minimum absolute atomic E-state index is 0.0195. The number of nitrogens with zero attached hydrogens (tertiary/aromatic N) is 1. The molecule has 0 saturated heterocycles. The van der Waals surface area contributed by atoms with E-state index in [9.17, 15) is 9.59 Å². The van der Waals surface area contributed by atoms with Gasteiger partial charge in [0.1, 0.15) is 0 Å². The number of hydrogen-bond donors (Lipinski definition) is 1. The Morgan fingerprint density at radius 2 is 1.88 bits per heavy atom. The Morgan fingerprint density at radius 1 is 1.35 bits per heavy atom. The lowest BCUT2D eigenvalue weighted by molar-refractivity contribution is -0.136. The molecular weight excluding hydrogens is 220 g/mol. The molecule has 0 aromatic heterocycles. The summed E-state index contributed by atoms with van der Waals surface area (Å²) >= 11 is 0. The van der Waals surface area contributed by atoms with Gasteiger partial charge in [0.2, 0.25) is 5.91 Å². The number of ether oxygens (including phenoxy) is 1. The second-order valence-electron chi connectivity index (χ2n) is 4.04. The molecule has 98 valence electrons. The van der Waals surface area contributed by atoms with Crippen molar-refractivity contribution in [3.05, 3.63) is 11.6 Å². The fourth-order valence-electron chi connectivity index (χ4n) is 1.33. The van der Waals surface area contributed by atoms with Gasteiger partial charge in [-0.2, -0.15) is 0 Å². The molecule has 0 fully saturated rings. The molecule has 0 radical (unpaired) electrons. The van der Waals surface area contributed by atoms with Gasteiger partial charge in [0, 0.05) is 18.7 Å². The van der Waals surface area contributed by atoms with Gasteiger partial charge in [-0.05, 0) is 27.8 Å². The van der Waals surface area contributed by atoms with Crippen LogP contribution in [0.4, 0.5) is 0 Å². The highest BCUT2D eigenvalue weighted by atomic mass is 16.5. The van der Waals surface area contributed by atoms with Crippen molar-refractivity contribution in [1.82, 2.24) is 10.2 Å². The molecule has 0 aromatic carbocycles. The summed E-state index contributed by atoms with van der Waals surface area (Å²) in [6.45, 7) is 5.32. The van der Waals surface area contributed by atoms with Crippen molar-refractivity contribution in [1.29, 1.82) is 0 Å². The predicted molar refractivity (Wildman–Crippen MR) is 66.5 cm³/mol. The monoisotopic (exact) mass is 242 g/mol. The van der Waals surface area contributed by atoms with Crippen molar-refractivity contribution in [2.75, 3.05) is 21.2 Å². The van der Waals surface area contributed by atoms with Crippen LogP contribution in [0.2, 0.25) is 0 Å². The Labute approximate surface area is 103 Å². The number of methoxy groups -OCH3 is 1. The van der Waals surface area contributed by atoms with Gasteiger partial charge in [-0.1, -0.05) is 6.08 Å². The SMILES string of the molecule is CNC(C)C(=O)N(C)C(C)/C=C(\C)C(=O)OC. The maximum atomic E-state index is 11.9. The Hall–Kier alpha value is -1.36. The van der Waals surface area contributed by atoms with Crippen LogP contribution >= 0.6 is 0 Å². The van der Waals surface area contributed by atoms with E-state index in [-0.39, 0.29) is 24.0 Å². The van der Waals surface area contributed by atoms with E-state index in [4.69, 9.17) is 0 Å².